The standard InChI is InChI=1S/C25H24N4O/c1-16-12-13-19(15-23(16)29-17(2)27-22-11-6-14-26-24(22)29)25(30)28-21-10-5-8-18-7-3-4-9-20(18)21/h3-4,6-7,9,11-15,21H,5,8,10H2,1-2H3,(H,28,30)/t21-/m1/s1. The van der Waals surface area contributed by atoms with Crippen LogP contribution >= 0.6 is 0 Å². The van der Waals surface area contributed by atoms with Gasteiger partial charge in [-0.05, 0) is 74.1 Å². The molecular formula is C25H24N4O. The minimum atomic E-state index is -0.0482. The summed E-state index contributed by atoms with van der Waals surface area (Å²) in [6.07, 6.45) is 4.91. The van der Waals surface area contributed by atoms with E-state index in [9.17, 15) is 4.79 Å². The zero-order chi connectivity index (χ0) is 20.7. The number of aromatic nitrogens is 3. The largest absolute Gasteiger partial charge is 0.345 e. The minimum absolute atomic E-state index is 0.0482. The van der Waals surface area contributed by atoms with Crippen molar-refractivity contribution >= 4 is 17.1 Å². The first-order chi connectivity index (χ1) is 14.6. The molecule has 0 saturated heterocycles. The Morgan fingerprint density at radius 2 is 1.97 bits per heavy atom. The second kappa shape index (κ2) is 7.41. The van der Waals surface area contributed by atoms with Gasteiger partial charge in [0, 0.05) is 11.8 Å². The highest BCUT2D eigenvalue weighted by Gasteiger charge is 2.22. The van der Waals surface area contributed by atoms with Gasteiger partial charge in [0.1, 0.15) is 11.3 Å². The van der Waals surface area contributed by atoms with Crippen LogP contribution in [0.1, 0.15) is 51.8 Å². The molecule has 150 valence electrons. The Kier molecular flexibility index (Phi) is 4.58. The Morgan fingerprint density at radius 1 is 1.10 bits per heavy atom. The molecule has 5 nitrogen and oxygen atoms in total. The summed E-state index contributed by atoms with van der Waals surface area (Å²) in [5.74, 6) is 0.804. The molecule has 0 unspecified atom stereocenters. The lowest BCUT2D eigenvalue weighted by Gasteiger charge is -2.26. The second-order valence-electron chi connectivity index (χ2n) is 7.96. The number of hydrogen-bond donors (Lipinski definition) is 1. The molecule has 1 atom stereocenters. The average Bonchev–Trinajstić information content (AvgIpc) is 3.10. The van der Waals surface area contributed by atoms with Crippen LogP contribution in [0.15, 0.2) is 60.8 Å². The topological polar surface area (TPSA) is 59.8 Å². The highest BCUT2D eigenvalue weighted by molar-refractivity contribution is 5.95. The van der Waals surface area contributed by atoms with Crippen LogP contribution < -0.4 is 5.32 Å². The Labute approximate surface area is 175 Å². The van der Waals surface area contributed by atoms with Crippen LogP contribution in [-0.2, 0) is 6.42 Å². The number of rotatable bonds is 3. The third-order valence-corrected chi connectivity index (χ3v) is 5.97. The quantitative estimate of drug-likeness (QED) is 0.539. The van der Waals surface area contributed by atoms with Crippen molar-refractivity contribution in [2.75, 3.05) is 0 Å². The number of hydrogen-bond acceptors (Lipinski definition) is 3. The zero-order valence-corrected chi connectivity index (χ0v) is 17.2. The van der Waals surface area contributed by atoms with E-state index < -0.39 is 0 Å². The third kappa shape index (κ3) is 3.16. The van der Waals surface area contributed by atoms with Crippen LogP contribution in [0.5, 0.6) is 0 Å². The smallest absolute Gasteiger partial charge is 0.251 e. The predicted molar refractivity (Wildman–Crippen MR) is 118 cm³/mol. The molecule has 5 heteroatoms. The maximum atomic E-state index is 13.2. The van der Waals surface area contributed by atoms with Crippen molar-refractivity contribution in [3.05, 3.63) is 88.9 Å². The molecule has 4 aromatic rings. The number of pyridine rings is 1. The van der Waals surface area contributed by atoms with Crippen molar-refractivity contribution in [2.45, 2.75) is 39.2 Å². The van der Waals surface area contributed by atoms with Crippen molar-refractivity contribution < 1.29 is 4.79 Å². The molecule has 0 radical (unpaired) electrons. The number of imidazole rings is 1. The molecule has 30 heavy (non-hydrogen) atoms. The maximum absolute atomic E-state index is 13.2. The fraction of sp³-hybridized carbons (Fsp3) is 0.240. The van der Waals surface area contributed by atoms with Gasteiger partial charge in [-0.2, -0.15) is 0 Å². The highest BCUT2D eigenvalue weighted by Crippen LogP contribution is 2.30. The van der Waals surface area contributed by atoms with Gasteiger partial charge in [0.25, 0.3) is 5.91 Å². The summed E-state index contributed by atoms with van der Waals surface area (Å²) >= 11 is 0. The molecule has 0 spiro atoms. The van der Waals surface area contributed by atoms with E-state index in [-0.39, 0.29) is 11.9 Å². The van der Waals surface area contributed by atoms with E-state index in [4.69, 9.17) is 0 Å². The van der Waals surface area contributed by atoms with Crippen LogP contribution in [0, 0.1) is 13.8 Å². The number of nitrogens with zero attached hydrogens (tertiary/aromatic N) is 3. The van der Waals surface area contributed by atoms with Gasteiger partial charge in [0.05, 0.1) is 11.7 Å². The maximum Gasteiger partial charge on any atom is 0.251 e. The Morgan fingerprint density at radius 3 is 2.87 bits per heavy atom. The van der Waals surface area contributed by atoms with Gasteiger partial charge < -0.3 is 5.32 Å². The molecule has 0 aliphatic heterocycles. The normalized spacial score (nSPS) is 15.7. The number of nitrogens with one attached hydrogen (secondary N) is 1. The van der Waals surface area contributed by atoms with E-state index in [2.05, 4.69) is 33.5 Å². The Balaban J connectivity index is 1.50. The lowest BCUT2D eigenvalue weighted by Crippen LogP contribution is -2.31. The van der Waals surface area contributed by atoms with Crippen molar-refractivity contribution in [3.63, 3.8) is 0 Å². The van der Waals surface area contributed by atoms with Gasteiger partial charge in [0.15, 0.2) is 5.65 Å². The van der Waals surface area contributed by atoms with Crippen LogP contribution in [0.3, 0.4) is 0 Å². The average molecular weight is 396 g/mol. The number of benzene rings is 2. The SMILES string of the molecule is Cc1ccc(C(=O)N[C@@H]2CCCc3ccccc32)cc1-n1c(C)nc2cccnc21. The monoisotopic (exact) mass is 396 g/mol. The molecule has 2 aromatic carbocycles. The lowest BCUT2D eigenvalue weighted by molar-refractivity contribution is 0.0932. The van der Waals surface area contributed by atoms with Gasteiger partial charge in [0.2, 0.25) is 0 Å². The fourth-order valence-electron chi connectivity index (χ4n) is 4.45. The molecular weight excluding hydrogens is 372 g/mol. The molecule has 0 saturated carbocycles. The fourth-order valence-corrected chi connectivity index (χ4v) is 4.45. The predicted octanol–water partition coefficient (Wildman–Crippen LogP) is 4.84. The van der Waals surface area contributed by atoms with Crippen molar-refractivity contribution in [1.82, 2.24) is 19.9 Å². The van der Waals surface area contributed by atoms with Crippen LogP contribution in [0.4, 0.5) is 0 Å². The van der Waals surface area contributed by atoms with Gasteiger partial charge in [-0.1, -0.05) is 30.3 Å². The second-order valence-corrected chi connectivity index (χ2v) is 7.96. The van der Waals surface area contributed by atoms with E-state index in [0.717, 1.165) is 47.5 Å². The number of carbonyl (C=O) groups is 1. The van der Waals surface area contributed by atoms with Crippen LogP contribution in [0.25, 0.3) is 16.9 Å². The first kappa shape index (κ1) is 18.6. The van der Waals surface area contributed by atoms with E-state index in [1.807, 2.05) is 54.8 Å². The molecule has 2 aromatic heterocycles. The lowest BCUT2D eigenvalue weighted by atomic mass is 9.87. The summed E-state index contributed by atoms with van der Waals surface area (Å²) in [6.45, 7) is 4.01. The van der Waals surface area contributed by atoms with Gasteiger partial charge in [-0.3, -0.25) is 9.36 Å². The van der Waals surface area contributed by atoms with Crippen LogP contribution in [-0.4, -0.2) is 20.4 Å². The minimum Gasteiger partial charge on any atom is -0.345 e. The summed E-state index contributed by atoms with van der Waals surface area (Å²) in [6, 6.07) is 18.2. The van der Waals surface area contributed by atoms with Gasteiger partial charge >= 0.3 is 0 Å². The number of aryl methyl sites for hydroxylation is 3. The number of amides is 1. The number of carbonyl (C=O) groups excluding carboxylic acids is 1. The van der Waals surface area contributed by atoms with Gasteiger partial charge in [-0.25, -0.2) is 9.97 Å². The first-order valence-electron chi connectivity index (χ1n) is 10.4. The van der Waals surface area contributed by atoms with Crippen molar-refractivity contribution in [1.29, 1.82) is 0 Å². The summed E-state index contributed by atoms with van der Waals surface area (Å²) in [5.41, 5.74) is 6.89. The molecule has 0 fully saturated rings. The zero-order valence-electron chi connectivity index (χ0n) is 17.2. The number of fused-ring (bicyclic) bond motifs is 2. The summed E-state index contributed by atoms with van der Waals surface area (Å²) in [5, 5.41) is 3.26. The van der Waals surface area contributed by atoms with Crippen LogP contribution in [0.2, 0.25) is 0 Å². The molecule has 1 amide bonds. The Bertz CT molecular complexity index is 1260. The Hall–Kier alpha value is -3.47. The van der Waals surface area contributed by atoms with Crippen molar-refractivity contribution in [2.24, 2.45) is 0 Å². The van der Waals surface area contributed by atoms with Gasteiger partial charge in [-0.15, -0.1) is 0 Å². The molecule has 2 heterocycles. The van der Waals surface area contributed by atoms with E-state index >= 15 is 0 Å². The molecule has 5 rings (SSSR count). The third-order valence-electron chi connectivity index (χ3n) is 5.97. The van der Waals surface area contributed by atoms with Crippen molar-refractivity contribution in [3.8, 4) is 5.69 Å². The highest BCUT2D eigenvalue weighted by atomic mass is 16.1. The molecule has 1 aliphatic carbocycles. The first-order valence-corrected chi connectivity index (χ1v) is 10.4. The van der Waals surface area contributed by atoms with E-state index in [1.165, 1.54) is 11.1 Å². The summed E-state index contributed by atoms with van der Waals surface area (Å²) in [4.78, 5) is 22.3. The molecule has 1 aliphatic rings. The summed E-state index contributed by atoms with van der Waals surface area (Å²) in [7, 11) is 0. The molecule has 1 N–H and O–H groups in total. The molecule has 0 bridgehead atoms. The van der Waals surface area contributed by atoms with E-state index in [1.54, 1.807) is 6.20 Å². The summed E-state index contributed by atoms with van der Waals surface area (Å²) < 4.78 is 2.03. The van der Waals surface area contributed by atoms with E-state index in [0.29, 0.717) is 5.56 Å².